The van der Waals surface area contributed by atoms with Crippen LogP contribution in [-0.2, 0) is 4.74 Å². The van der Waals surface area contributed by atoms with E-state index in [4.69, 9.17) is 19.2 Å². The highest BCUT2D eigenvalue weighted by Crippen LogP contribution is 2.35. The average molecular weight is 520 g/mol. The van der Waals surface area contributed by atoms with Crippen LogP contribution in [0.1, 0.15) is 16.8 Å². The number of methoxy groups -OCH3 is 2. The largest absolute Gasteiger partial charge is 0.493 e. The number of carbonyl (C=O) groups is 1. The summed E-state index contributed by atoms with van der Waals surface area (Å²) in [6, 6.07) is 11.3. The van der Waals surface area contributed by atoms with E-state index in [0.717, 1.165) is 54.0 Å². The minimum Gasteiger partial charge on any atom is -0.493 e. The Morgan fingerprint density at radius 3 is 2.78 bits per heavy atom. The number of ether oxygens (including phenoxy) is 3. The van der Waals surface area contributed by atoms with E-state index in [0.29, 0.717) is 28.7 Å². The number of fused-ring (bicyclic) bond motifs is 1. The van der Waals surface area contributed by atoms with Crippen LogP contribution in [0.2, 0.25) is 0 Å². The van der Waals surface area contributed by atoms with Gasteiger partial charge in [-0.3, -0.25) is 14.6 Å². The third-order valence-electron chi connectivity index (χ3n) is 5.41. The Balaban J connectivity index is 1.64. The molecule has 0 atom stereocenters. The van der Waals surface area contributed by atoms with Gasteiger partial charge < -0.3 is 14.2 Å². The number of thiazole rings is 1. The van der Waals surface area contributed by atoms with Crippen molar-refractivity contribution in [3.63, 3.8) is 0 Å². The summed E-state index contributed by atoms with van der Waals surface area (Å²) in [4.78, 5) is 22.6. The lowest BCUT2D eigenvalue weighted by Crippen LogP contribution is -2.39. The number of aromatic nitrogens is 1. The van der Waals surface area contributed by atoms with Crippen molar-refractivity contribution in [3.05, 3.63) is 46.4 Å². The first-order chi connectivity index (χ1) is 15.6. The number of amides is 1. The maximum absolute atomic E-state index is 13.7. The summed E-state index contributed by atoms with van der Waals surface area (Å²) in [5.74, 6) is 0.808. The fourth-order valence-electron chi connectivity index (χ4n) is 3.76. The highest BCUT2D eigenvalue weighted by atomic mass is 79.9. The number of rotatable bonds is 8. The molecule has 32 heavy (non-hydrogen) atoms. The van der Waals surface area contributed by atoms with Gasteiger partial charge >= 0.3 is 0 Å². The number of nitrogens with zero attached hydrogens (tertiary/aromatic N) is 3. The van der Waals surface area contributed by atoms with Crippen LogP contribution in [0.5, 0.6) is 11.5 Å². The molecule has 1 aliphatic rings. The van der Waals surface area contributed by atoms with Crippen molar-refractivity contribution >= 4 is 48.5 Å². The molecule has 0 aliphatic carbocycles. The van der Waals surface area contributed by atoms with Gasteiger partial charge in [0.15, 0.2) is 16.6 Å². The molecule has 1 aromatic heterocycles. The quantitative estimate of drug-likeness (QED) is 0.438. The summed E-state index contributed by atoms with van der Waals surface area (Å²) in [5.41, 5.74) is 1.33. The molecule has 9 heteroatoms. The van der Waals surface area contributed by atoms with Crippen LogP contribution in [0, 0.1) is 0 Å². The number of carbonyl (C=O) groups excluding carboxylic acids is 1. The molecular formula is C23H26BrN3O4S. The second-order valence-corrected chi connectivity index (χ2v) is 9.34. The third kappa shape index (κ3) is 5.06. The minimum atomic E-state index is -0.152. The van der Waals surface area contributed by atoms with Gasteiger partial charge in [-0.1, -0.05) is 33.3 Å². The van der Waals surface area contributed by atoms with E-state index < -0.39 is 0 Å². The monoisotopic (exact) mass is 519 g/mol. The predicted molar refractivity (Wildman–Crippen MR) is 130 cm³/mol. The van der Waals surface area contributed by atoms with E-state index in [1.165, 1.54) is 11.3 Å². The Labute approximate surface area is 200 Å². The highest BCUT2D eigenvalue weighted by Gasteiger charge is 2.26. The second kappa shape index (κ2) is 10.6. The molecule has 0 spiro atoms. The Kier molecular flexibility index (Phi) is 7.62. The first-order valence-corrected chi connectivity index (χ1v) is 12.1. The van der Waals surface area contributed by atoms with Crippen molar-refractivity contribution in [2.45, 2.75) is 6.42 Å². The number of anilines is 1. The van der Waals surface area contributed by atoms with Gasteiger partial charge in [0.2, 0.25) is 0 Å². The molecule has 0 N–H and O–H groups in total. The predicted octanol–water partition coefficient (Wildman–Crippen LogP) is 4.45. The summed E-state index contributed by atoms with van der Waals surface area (Å²) in [5, 5.41) is 0.676. The van der Waals surface area contributed by atoms with Gasteiger partial charge in [0.1, 0.15) is 0 Å². The molecule has 7 nitrogen and oxygen atoms in total. The van der Waals surface area contributed by atoms with Crippen LogP contribution >= 0.6 is 27.3 Å². The molecule has 4 rings (SSSR count). The van der Waals surface area contributed by atoms with Gasteiger partial charge in [0.25, 0.3) is 5.91 Å². The fourth-order valence-corrected chi connectivity index (χ4v) is 5.31. The van der Waals surface area contributed by atoms with Crippen LogP contribution < -0.4 is 14.4 Å². The molecule has 0 unspecified atom stereocenters. The molecule has 170 valence electrons. The van der Waals surface area contributed by atoms with Crippen LogP contribution in [0.15, 0.2) is 40.9 Å². The van der Waals surface area contributed by atoms with E-state index in [1.54, 1.807) is 37.3 Å². The summed E-state index contributed by atoms with van der Waals surface area (Å²) in [6.07, 6.45) is 0.831. The number of benzene rings is 2. The Hall–Kier alpha value is -2.20. The van der Waals surface area contributed by atoms with Crippen molar-refractivity contribution in [2.24, 2.45) is 0 Å². The van der Waals surface area contributed by atoms with Crippen molar-refractivity contribution < 1.29 is 19.0 Å². The summed E-state index contributed by atoms with van der Waals surface area (Å²) in [6.45, 7) is 4.82. The molecule has 3 aromatic rings. The Morgan fingerprint density at radius 1 is 1.22 bits per heavy atom. The topological polar surface area (TPSA) is 64.1 Å². The molecule has 1 fully saturated rings. The molecule has 0 bridgehead atoms. The van der Waals surface area contributed by atoms with Crippen molar-refractivity contribution in [3.8, 4) is 11.5 Å². The maximum atomic E-state index is 13.7. The van der Waals surface area contributed by atoms with Crippen LogP contribution in [0.25, 0.3) is 10.2 Å². The first-order valence-electron chi connectivity index (χ1n) is 10.5. The third-order valence-corrected chi connectivity index (χ3v) is 6.94. The molecular weight excluding hydrogens is 494 g/mol. The number of para-hydroxylation sites is 1. The van der Waals surface area contributed by atoms with E-state index >= 15 is 0 Å². The standard InChI is InChI=1S/C23H26BrN3O4S/c1-29-19-6-3-5-17(21(19)30-2)22(28)27(10-4-9-26-11-13-31-14-12-26)23-25-18-8-7-16(24)15-20(18)32-23/h3,5-8,15H,4,9-14H2,1-2H3. The normalized spacial score (nSPS) is 14.5. The minimum absolute atomic E-state index is 0.152. The first kappa shape index (κ1) is 23.0. The zero-order valence-electron chi connectivity index (χ0n) is 18.2. The van der Waals surface area contributed by atoms with Gasteiger partial charge in [-0.05, 0) is 36.8 Å². The fraction of sp³-hybridized carbons (Fsp3) is 0.391. The molecule has 0 saturated carbocycles. The van der Waals surface area contributed by atoms with Crippen LogP contribution in [0.3, 0.4) is 0 Å². The smallest absolute Gasteiger partial charge is 0.263 e. The Bertz CT molecular complexity index is 1080. The highest BCUT2D eigenvalue weighted by molar-refractivity contribution is 9.10. The van der Waals surface area contributed by atoms with E-state index in [9.17, 15) is 4.79 Å². The van der Waals surface area contributed by atoms with E-state index in [-0.39, 0.29) is 5.91 Å². The van der Waals surface area contributed by atoms with Gasteiger partial charge in [-0.2, -0.15) is 0 Å². The van der Waals surface area contributed by atoms with Crippen molar-refractivity contribution in [1.29, 1.82) is 0 Å². The number of hydrogen-bond acceptors (Lipinski definition) is 7. The van der Waals surface area contributed by atoms with E-state index in [1.807, 2.05) is 18.2 Å². The Morgan fingerprint density at radius 2 is 2.03 bits per heavy atom. The van der Waals surface area contributed by atoms with Crippen molar-refractivity contribution in [2.75, 3.05) is 58.5 Å². The summed E-state index contributed by atoms with van der Waals surface area (Å²) in [7, 11) is 3.12. The molecule has 2 heterocycles. The molecule has 2 aromatic carbocycles. The zero-order valence-corrected chi connectivity index (χ0v) is 20.6. The number of hydrogen-bond donors (Lipinski definition) is 0. The molecule has 1 aliphatic heterocycles. The molecule has 0 radical (unpaired) electrons. The summed E-state index contributed by atoms with van der Waals surface area (Å²) < 4.78 is 18.4. The van der Waals surface area contributed by atoms with E-state index in [2.05, 4.69) is 20.8 Å². The van der Waals surface area contributed by atoms with Gasteiger partial charge in [-0.15, -0.1) is 0 Å². The lowest BCUT2D eigenvalue weighted by atomic mass is 10.1. The van der Waals surface area contributed by atoms with Crippen molar-refractivity contribution in [1.82, 2.24) is 9.88 Å². The maximum Gasteiger partial charge on any atom is 0.263 e. The van der Waals surface area contributed by atoms with Gasteiger partial charge in [-0.25, -0.2) is 4.98 Å². The van der Waals surface area contributed by atoms with Crippen LogP contribution in [0.4, 0.5) is 5.13 Å². The average Bonchev–Trinajstić information content (AvgIpc) is 3.24. The molecule has 1 amide bonds. The SMILES string of the molecule is COc1cccc(C(=O)N(CCCN2CCOCC2)c2nc3ccc(Br)cc3s2)c1OC. The van der Waals surface area contributed by atoms with Gasteiger partial charge in [0, 0.05) is 30.7 Å². The molecule has 1 saturated heterocycles. The summed E-state index contributed by atoms with van der Waals surface area (Å²) >= 11 is 5.03. The number of halogens is 1. The lowest BCUT2D eigenvalue weighted by Gasteiger charge is -2.28. The lowest BCUT2D eigenvalue weighted by molar-refractivity contribution is 0.0376. The van der Waals surface area contributed by atoms with Gasteiger partial charge in [0.05, 0.1) is 43.2 Å². The van der Waals surface area contributed by atoms with Crippen LogP contribution in [-0.4, -0.2) is 69.4 Å². The zero-order chi connectivity index (χ0) is 22.5. The number of morpholine rings is 1. The second-order valence-electron chi connectivity index (χ2n) is 7.41.